The van der Waals surface area contributed by atoms with Gasteiger partial charge in [-0.1, -0.05) is 0 Å². The molecule has 0 fully saturated rings. The van der Waals surface area contributed by atoms with E-state index < -0.39 is 12.1 Å². The van der Waals surface area contributed by atoms with Crippen LogP contribution in [0.15, 0.2) is 0 Å². The maximum atomic E-state index is 10.6. The number of carbonyl (C=O) groups is 1. The van der Waals surface area contributed by atoms with Gasteiger partial charge in [0.15, 0.2) is 0 Å². The predicted octanol–water partition coefficient (Wildman–Crippen LogP) is -1.50. The number of aliphatic carboxylic acids is 1. The number of alkyl halides is 3. The molecule has 0 amide bonds. The van der Waals surface area contributed by atoms with Crippen LogP contribution in [-0.2, 0) is 4.79 Å². The number of hydrogen-bond acceptors (Lipinski definition) is 1. The zero-order valence-electron chi connectivity index (χ0n) is 5.33. The van der Waals surface area contributed by atoms with Gasteiger partial charge in [0.05, 0.1) is 0 Å². The van der Waals surface area contributed by atoms with E-state index in [0.29, 0.717) is 0 Å². The minimum atomic E-state index is -5.08. The minimum Gasteiger partial charge on any atom is -0.475 e. The van der Waals surface area contributed by atoms with Crippen LogP contribution in [-0.4, -0.2) is 17.3 Å². The van der Waals surface area contributed by atoms with Crippen LogP contribution in [0.1, 0.15) is 0 Å². The summed E-state index contributed by atoms with van der Waals surface area (Å²) in [5.41, 5.74) is 13.5. The average molecular weight is 179 g/mol. The topological polar surface area (TPSA) is 96.0 Å². The number of carboxylic acids is 1. The Morgan fingerprint density at radius 2 is 1.45 bits per heavy atom. The maximum absolute atomic E-state index is 10.6. The Morgan fingerprint density at radius 1 is 1.36 bits per heavy atom. The molecule has 0 saturated carbocycles. The summed E-state index contributed by atoms with van der Waals surface area (Å²) in [5, 5.41) is 7.12. The molecule has 0 aliphatic heterocycles. The Hall–Kier alpha value is -0.430. The molecule has 0 aromatic rings. The fourth-order valence-corrected chi connectivity index (χ4v) is 0. The predicted molar refractivity (Wildman–Crippen MR) is 23.8 cm³/mol. The quantitative estimate of drug-likeness (QED) is 0.212. The van der Waals surface area contributed by atoms with Crippen molar-refractivity contribution in [2.24, 2.45) is 0 Å². The normalized spacial score (nSPS) is 7.91. The molecule has 0 atom stereocenters. The summed E-state index contributed by atoms with van der Waals surface area (Å²) in [4.78, 5) is 10.4. The summed E-state index contributed by atoms with van der Waals surface area (Å²) in [7, 11) is 0. The molecule has 0 bridgehead atoms. The van der Waals surface area contributed by atoms with E-state index in [9.17, 15) is 13.2 Å². The summed E-state index contributed by atoms with van der Waals surface area (Å²) in [6.07, 6.45) is -5.08. The summed E-state index contributed by atoms with van der Waals surface area (Å²) in [6.45, 7) is 0. The number of carboxylic acid groups (broad SMARTS) is 1. The third-order valence-corrected chi connectivity index (χ3v) is 0.243. The molecular weight excluding hydrogens is 178 g/mol. The zero-order valence-corrected chi connectivity index (χ0v) is 7.33. The smallest absolute Gasteiger partial charge is 0.475 e. The molecule has 9 heteroatoms. The van der Waals surface area contributed by atoms with Crippen molar-refractivity contribution >= 4 is 5.97 Å². The largest absolute Gasteiger partial charge is 1.00 e. The van der Waals surface area contributed by atoms with Crippen LogP contribution >= 0.6 is 0 Å². The molecule has 5 nitrogen and oxygen atoms in total. The first-order chi connectivity index (χ1) is 4.36. The molecular formula is C2HF3N3NaO2. The van der Waals surface area contributed by atoms with E-state index in [-0.39, 0.29) is 29.6 Å². The molecule has 0 spiro atoms. The Labute approximate surface area is 80.9 Å². The van der Waals surface area contributed by atoms with Gasteiger partial charge >= 0.3 is 41.7 Å². The van der Waals surface area contributed by atoms with Gasteiger partial charge in [-0.25, -0.2) is 4.79 Å². The summed E-state index contributed by atoms with van der Waals surface area (Å²) >= 11 is 0. The SMILES string of the molecule is O=C(O)C(F)(F)F.[N-]=[N+]=[N-].[Na+]. The molecule has 0 unspecified atom stereocenters. The average Bonchev–Trinajstić information content (AvgIpc) is 1.64. The number of rotatable bonds is 0. The molecule has 0 aliphatic rings. The van der Waals surface area contributed by atoms with E-state index in [2.05, 4.69) is 0 Å². The van der Waals surface area contributed by atoms with Crippen molar-refractivity contribution in [2.75, 3.05) is 0 Å². The minimum absolute atomic E-state index is 0. The molecule has 0 radical (unpaired) electrons. The number of hydrogen-bond donors (Lipinski definition) is 1. The molecule has 0 aromatic carbocycles. The number of nitrogens with zero attached hydrogens (tertiary/aromatic N) is 3. The van der Waals surface area contributed by atoms with E-state index in [1.54, 1.807) is 0 Å². The van der Waals surface area contributed by atoms with Gasteiger partial charge in [-0.3, -0.25) is 4.91 Å². The first-order valence-corrected chi connectivity index (χ1v) is 1.64. The van der Waals surface area contributed by atoms with Crippen LogP contribution in [0.4, 0.5) is 13.2 Å². The van der Waals surface area contributed by atoms with Gasteiger partial charge in [-0.2, -0.15) is 13.2 Å². The van der Waals surface area contributed by atoms with Crippen LogP contribution < -0.4 is 29.6 Å². The number of halogens is 3. The standard InChI is InChI=1S/C2HF3O2.N3.Na/c3-2(4,5)1(6)7;1-3-2;/h(H,6,7);;/q;-1;+1. The Kier molecular flexibility index (Phi) is 11.8. The van der Waals surface area contributed by atoms with Crippen molar-refractivity contribution in [1.29, 1.82) is 0 Å². The third-order valence-electron chi connectivity index (χ3n) is 0.243. The second-order valence-electron chi connectivity index (χ2n) is 0.892. The first-order valence-electron chi connectivity index (χ1n) is 1.64. The molecule has 0 aliphatic carbocycles. The molecule has 1 N–H and O–H groups in total. The van der Waals surface area contributed by atoms with Gasteiger partial charge in [0, 0.05) is 0 Å². The van der Waals surface area contributed by atoms with Crippen molar-refractivity contribution in [1.82, 2.24) is 0 Å². The molecule has 0 rings (SSSR count). The van der Waals surface area contributed by atoms with Gasteiger partial charge in [0.25, 0.3) is 0 Å². The summed E-state index contributed by atoms with van der Waals surface area (Å²) in [5.74, 6) is -2.76. The van der Waals surface area contributed by atoms with Crippen molar-refractivity contribution in [3.63, 3.8) is 0 Å². The van der Waals surface area contributed by atoms with Crippen molar-refractivity contribution in [3.8, 4) is 0 Å². The summed E-state index contributed by atoms with van der Waals surface area (Å²) in [6, 6.07) is 0. The van der Waals surface area contributed by atoms with Gasteiger partial charge < -0.3 is 16.2 Å². The van der Waals surface area contributed by atoms with E-state index in [1.807, 2.05) is 0 Å². The van der Waals surface area contributed by atoms with E-state index in [0.717, 1.165) is 0 Å². The first kappa shape index (κ1) is 16.9. The van der Waals surface area contributed by atoms with Crippen LogP contribution in [0.3, 0.4) is 0 Å². The molecule has 11 heavy (non-hydrogen) atoms. The van der Waals surface area contributed by atoms with Gasteiger partial charge in [-0.05, 0) is 0 Å². The van der Waals surface area contributed by atoms with Crippen molar-refractivity contribution < 1.29 is 52.6 Å². The fraction of sp³-hybridized carbons (Fsp3) is 0.500. The van der Waals surface area contributed by atoms with Crippen molar-refractivity contribution in [2.45, 2.75) is 6.18 Å². The van der Waals surface area contributed by atoms with E-state index >= 15 is 0 Å². The van der Waals surface area contributed by atoms with Crippen LogP contribution in [0, 0.1) is 0 Å². The molecule has 0 saturated heterocycles. The van der Waals surface area contributed by atoms with Gasteiger partial charge in [-0.15, -0.1) is 0 Å². The zero-order chi connectivity index (χ0) is 8.78. The monoisotopic (exact) mass is 179 g/mol. The van der Waals surface area contributed by atoms with Crippen LogP contribution in [0.25, 0.3) is 16.0 Å². The second-order valence-corrected chi connectivity index (χ2v) is 0.892. The maximum Gasteiger partial charge on any atom is 1.00 e. The third kappa shape index (κ3) is 17.7. The van der Waals surface area contributed by atoms with Crippen LogP contribution in [0.2, 0.25) is 0 Å². The molecule has 0 heterocycles. The second kappa shape index (κ2) is 7.67. The van der Waals surface area contributed by atoms with Crippen LogP contribution in [0.5, 0.6) is 0 Å². The van der Waals surface area contributed by atoms with Gasteiger partial charge in [0.2, 0.25) is 0 Å². The van der Waals surface area contributed by atoms with Crippen molar-refractivity contribution in [3.05, 3.63) is 16.0 Å². The fourth-order valence-electron chi connectivity index (χ4n) is 0. The van der Waals surface area contributed by atoms with Gasteiger partial charge in [0.1, 0.15) is 0 Å². The molecule has 0 aromatic heterocycles. The molecule has 58 valence electrons. The Morgan fingerprint density at radius 3 is 1.45 bits per heavy atom. The van der Waals surface area contributed by atoms with E-state index in [4.69, 9.17) is 21.0 Å². The van der Waals surface area contributed by atoms with E-state index in [1.165, 1.54) is 4.91 Å². The Balaban J connectivity index is -0.000000140. The Bertz CT molecular complexity index is 151. The summed E-state index contributed by atoms with van der Waals surface area (Å²) < 4.78 is 31.7.